The van der Waals surface area contributed by atoms with Crippen molar-refractivity contribution < 1.29 is 0 Å². The fourth-order valence-electron chi connectivity index (χ4n) is 2.82. The van der Waals surface area contributed by atoms with Crippen LogP contribution in [0.25, 0.3) is 0 Å². The summed E-state index contributed by atoms with van der Waals surface area (Å²) in [6, 6.07) is 0.543. The summed E-state index contributed by atoms with van der Waals surface area (Å²) >= 11 is 0. The van der Waals surface area contributed by atoms with E-state index >= 15 is 0 Å². The van der Waals surface area contributed by atoms with E-state index in [2.05, 4.69) is 37.4 Å². The summed E-state index contributed by atoms with van der Waals surface area (Å²) in [5.41, 5.74) is 0. The van der Waals surface area contributed by atoms with E-state index < -0.39 is 0 Å². The Hall–Kier alpha value is -1.59. The number of rotatable bonds is 5. The van der Waals surface area contributed by atoms with Crippen LogP contribution in [0.2, 0.25) is 0 Å². The molecule has 1 saturated carbocycles. The first-order valence-electron chi connectivity index (χ1n) is 7.75. The minimum atomic E-state index is 0.543. The van der Waals surface area contributed by atoms with Crippen molar-refractivity contribution in [3.05, 3.63) is 0 Å². The van der Waals surface area contributed by atoms with E-state index in [4.69, 9.17) is 0 Å². The molecule has 0 bridgehead atoms. The molecular weight excluding hydrogens is 252 g/mol. The number of aromatic nitrogens is 3. The van der Waals surface area contributed by atoms with Crippen LogP contribution in [-0.4, -0.2) is 41.1 Å². The highest BCUT2D eigenvalue weighted by molar-refractivity contribution is 5.44. The number of nitrogens with one attached hydrogen (secondary N) is 2. The second kappa shape index (κ2) is 5.81. The number of nitrogens with zero attached hydrogens (tertiary/aromatic N) is 4. The molecule has 6 heteroatoms. The Kier molecular flexibility index (Phi) is 3.89. The van der Waals surface area contributed by atoms with E-state index in [1.54, 1.807) is 0 Å². The minimum absolute atomic E-state index is 0.543. The summed E-state index contributed by atoms with van der Waals surface area (Å²) in [5, 5.41) is 6.48. The van der Waals surface area contributed by atoms with Gasteiger partial charge in [0, 0.05) is 26.2 Å². The zero-order valence-corrected chi connectivity index (χ0v) is 12.4. The van der Waals surface area contributed by atoms with Gasteiger partial charge in [0.2, 0.25) is 17.8 Å². The summed E-state index contributed by atoms with van der Waals surface area (Å²) in [6.07, 6.45) is 6.22. The number of hydrogen-bond donors (Lipinski definition) is 2. The smallest absolute Gasteiger partial charge is 0.231 e. The first kappa shape index (κ1) is 13.4. The molecule has 1 aliphatic heterocycles. The maximum absolute atomic E-state index is 4.61. The Labute approximate surface area is 120 Å². The summed E-state index contributed by atoms with van der Waals surface area (Å²) in [7, 11) is 1.85. The second-order valence-corrected chi connectivity index (χ2v) is 5.74. The van der Waals surface area contributed by atoms with E-state index in [1.165, 1.54) is 32.1 Å². The molecule has 2 unspecified atom stereocenters. The van der Waals surface area contributed by atoms with E-state index in [-0.39, 0.29) is 0 Å². The van der Waals surface area contributed by atoms with Crippen molar-refractivity contribution in [2.75, 3.05) is 35.7 Å². The highest BCUT2D eigenvalue weighted by atomic mass is 15.3. The van der Waals surface area contributed by atoms with Gasteiger partial charge in [-0.25, -0.2) is 0 Å². The largest absolute Gasteiger partial charge is 0.357 e. The van der Waals surface area contributed by atoms with Crippen LogP contribution in [0.3, 0.4) is 0 Å². The molecule has 2 fully saturated rings. The quantitative estimate of drug-likeness (QED) is 0.858. The van der Waals surface area contributed by atoms with Gasteiger partial charge in [-0.3, -0.25) is 0 Å². The topological polar surface area (TPSA) is 66.0 Å². The molecule has 110 valence electrons. The lowest BCUT2D eigenvalue weighted by atomic mass is 10.1. The summed E-state index contributed by atoms with van der Waals surface area (Å²) in [6.45, 7) is 4.33. The van der Waals surface area contributed by atoms with Crippen molar-refractivity contribution in [3.63, 3.8) is 0 Å². The standard InChI is InChI=1S/C14H24N6/c1-3-10-9-11(10)16-13-17-12(15-2)18-14(19-13)20-7-5-4-6-8-20/h10-11H,3-9H2,1-2H3,(H2,15,16,17,18,19). The lowest BCUT2D eigenvalue weighted by molar-refractivity contribution is 0.568. The summed E-state index contributed by atoms with van der Waals surface area (Å²) < 4.78 is 0. The SMILES string of the molecule is CCC1CC1Nc1nc(NC)nc(N2CCCCC2)n1. The minimum Gasteiger partial charge on any atom is -0.357 e. The molecule has 1 saturated heterocycles. The zero-order valence-electron chi connectivity index (χ0n) is 12.4. The fourth-order valence-corrected chi connectivity index (χ4v) is 2.82. The molecule has 0 aromatic carbocycles. The molecule has 1 aromatic heterocycles. The predicted octanol–water partition coefficient (Wildman–Crippen LogP) is 2.11. The average Bonchev–Trinajstić information content (AvgIpc) is 3.26. The monoisotopic (exact) mass is 276 g/mol. The van der Waals surface area contributed by atoms with Gasteiger partial charge >= 0.3 is 0 Å². The van der Waals surface area contributed by atoms with Gasteiger partial charge in [-0.2, -0.15) is 15.0 Å². The second-order valence-electron chi connectivity index (χ2n) is 5.74. The molecule has 0 amide bonds. The van der Waals surface area contributed by atoms with Crippen LogP contribution in [0.1, 0.15) is 39.0 Å². The van der Waals surface area contributed by atoms with Gasteiger partial charge in [0.05, 0.1) is 0 Å². The van der Waals surface area contributed by atoms with E-state index in [1.807, 2.05) is 7.05 Å². The van der Waals surface area contributed by atoms with Crippen molar-refractivity contribution in [2.24, 2.45) is 5.92 Å². The molecule has 0 radical (unpaired) electrons. The van der Waals surface area contributed by atoms with Crippen LogP contribution in [0.15, 0.2) is 0 Å². The normalized spacial score (nSPS) is 25.4. The van der Waals surface area contributed by atoms with Crippen LogP contribution in [0.5, 0.6) is 0 Å². The molecular formula is C14H24N6. The van der Waals surface area contributed by atoms with Crippen LogP contribution >= 0.6 is 0 Å². The molecule has 20 heavy (non-hydrogen) atoms. The molecule has 1 aromatic rings. The molecule has 2 aliphatic rings. The average molecular weight is 276 g/mol. The Balaban J connectivity index is 1.75. The molecule has 2 heterocycles. The zero-order chi connectivity index (χ0) is 13.9. The number of hydrogen-bond acceptors (Lipinski definition) is 6. The van der Waals surface area contributed by atoms with Crippen molar-refractivity contribution in [2.45, 2.75) is 45.1 Å². The molecule has 2 N–H and O–H groups in total. The van der Waals surface area contributed by atoms with Crippen molar-refractivity contribution >= 4 is 17.8 Å². The molecule has 2 atom stereocenters. The van der Waals surface area contributed by atoms with Crippen LogP contribution in [0, 0.1) is 5.92 Å². The lowest BCUT2D eigenvalue weighted by Crippen LogP contribution is -2.31. The predicted molar refractivity (Wildman–Crippen MR) is 81.2 cm³/mol. The van der Waals surface area contributed by atoms with E-state index in [9.17, 15) is 0 Å². The van der Waals surface area contributed by atoms with Crippen molar-refractivity contribution in [1.29, 1.82) is 0 Å². The van der Waals surface area contributed by atoms with Crippen molar-refractivity contribution in [3.8, 4) is 0 Å². The Morgan fingerprint density at radius 3 is 2.50 bits per heavy atom. The van der Waals surface area contributed by atoms with Gasteiger partial charge in [0.25, 0.3) is 0 Å². The van der Waals surface area contributed by atoms with E-state index in [0.717, 1.165) is 25.0 Å². The Morgan fingerprint density at radius 2 is 1.85 bits per heavy atom. The van der Waals surface area contributed by atoms with Gasteiger partial charge in [-0.1, -0.05) is 13.3 Å². The molecule has 0 spiro atoms. The Morgan fingerprint density at radius 1 is 1.10 bits per heavy atom. The highest BCUT2D eigenvalue weighted by Gasteiger charge is 2.36. The van der Waals surface area contributed by atoms with Crippen molar-refractivity contribution in [1.82, 2.24) is 15.0 Å². The van der Waals surface area contributed by atoms with Gasteiger partial charge in [0.15, 0.2) is 0 Å². The highest BCUT2D eigenvalue weighted by Crippen LogP contribution is 2.35. The summed E-state index contributed by atoms with van der Waals surface area (Å²) in [4.78, 5) is 15.8. The maximum Gasteiger partial charge on any atom is 0.231 e. The van der Waals surface area contributed by atoms with Gasteiger partial charge in [0.1, 0.15) is 0 Å². The molecule has 3 rings (SSSR count). The molecule has 6 nitrogen and oxygen atoms in total. The van der Waals surface area contributed by atoms with Crippen LogP contribution in [0.4, 0.5) is 17.8 Å². The van der Waals surface area contributed by atoms with Gasteiger partial charge in [-0.15, -0.1) is 0 Å². The van der Waals surface area contributed by atoms with Crippen LogP contribution in [-0.2, 0) is 0 Å². The lowest BCUT2D eigenvalue weighted by Gasteiger charge is -2.26. The number of piperidine rings is 1. The summed E-state index contributed by atoms with van der Waals surface area (Å²) in [5.74, 6) is 2.95. The fraction of sp³-hybridized carbons (Fsp3) is 0.786. The third-order valence-electron chi connectivity index (χ3n) is 4.25. The first-order valence-corrected chi connectivity index (χ1v) is 7.75. The van der Waals surface area contributed by atoms with Gasteiger partial charge < -0.3 is 15.5 Å². The first-order chi connectivity index (χ1) is 9.80. The van der Waals surface area contributed by atoms with Crippen LogP contribution < -0.4 is 15.5 Å². The van der Waals surface area contributed by atoms with Gasteiger partial charge in [-0.05, 0) is 31.6 Å². The van der Waals surface area contributed by atoms with E-state index in [0.29, 0.717) is 17.9 Å². The third-order valence-corrected chi connectivity index (χ3v) is 4.25. The maximum atomic E-state index is 4.61. The number of anilines is 3. The molecule has 1 aliphatic carbocycles. The third kappa shape index (κ3) is 2.94. The Bertz CT molecular complexity index is 457.